The number of carbonyl (C=O) groups excluding carboxylic acids is 1. The van der Waals surface area contributed by atoms with Gasteiger partial charge < -0.3 is 9.47 Å². The lowest BCUT2D eigenvalue weighted by Crippen LogP contribution is -2.07. The first kappa shape index (κ1) is 13.4. The summed E-state index contributed by atoms with van der Waals surface area (Å²) >= 11 is 0. The van der Waals surface area contributed by atoms with Crippen LogP contribution in [-0.4, -0.2) is 24.7 Å². The van der Waals surface area contributed by atoms with Gasteiger partial charge in [0.1, 0.15) is 12.4 Å². The van der Waals surface area contributed by atoms with Crippen LogP contribution in [0.2, 0.25) is 0 Å². The minimum atomic E-state index is -0.327. The summed E-state index contributed by atoms with van der Waals surface area (Å²) in [7, 11) is 1.39. The van der Waals surface area contributed by atoms with Crippen LogP contribution in [0.25, 0.3) is 6.08 Å². The molecule has 4 nitrogen and oxygen atoms in total. The number of rotatable bonds is 4. The molecule has 0 N–H and O–H groups in total. The number of aromatic nitrogens is 1. The average Bonchev–Trinajstić information content (AvgIpc) is 2.96. The summed E-state index contributed by atoms with van der Waals surface area (Å²) < 4.78 is 10.5. The number of para-hydroxylation sites is 1. The summed E-state index contributed by atoms with van der Waals surface area (Å²) in [6, 6.07) is 11.3. The molecular weight excluding hydrogens is 266 g/mol. The van der Waals surface area contributed by atoms with Crippen LogP contribution < -0.4 is 4.74 Å². The lowest BCUT2D eigenvalue weighted by Gasteiger charge is -2.07. The number of ether oxygens (including phenoxy) is 2. The normalized spacial score (nSPS) is 12.5. The van der Waals surface area contributed by atoms with Gasteiger partial charge in [-0.15, -0.1) is 0 Å². The van der Waals surface area contributed by atoms with Gasteiger partial charge in [-0.05, 0) is 35.4 Å². The molecule has 2 aromatic rings. The molecule has 0 radical (unpaired) electrons. The van der Waals surface area contributed by atoms with Gasteiger partial charge in [0.05, 0.1) is 18.4 Å². The second kappa shape index (κ2) is 5.79. The zero-order valence-electron chi connectivity index (χ0n) is 11.7. The van der Waals surface area contributed by atoms with E-state index in [0.717, 1.165) is 22.6 Å². The molecule has 106 valence electrons. The van der Waals surface area contributed by atoms with Crippen molar-refractivity contribution in [2.24, 2.45) is 0 Å². The Morgan fingerprint density at radius 2 is 2.05 bits per heavy atom. The van der Waals surface area contributed by atoms with Crippen molar-refractivity contribution < 1.29 is 14.3 Å². The third-order valence-corrected chi connectivity index (χ3v) is 3.41. The maximum atomic E-state index is 11.8. The van der Waals surface area contributed by atoms with E-state index in [1.165, 1.54) is 7.11 Å². The van der Waals surface area contributed by atoms with Gasteiger partial charge in [-0.2, -0.15) is 0 Å². The summed E-state index contributed by atoms with van der Waals surface area (Å²) in [5.74, 6) is 0.503. The molecule has 0 aliphatic heterocycles. The van der Waals surface area contributed by atoms with Crippen molar-refractivity contribution in [2.75, 3.05) is 13.7 Å². The number of carbonyl (C=O) groups is 1. The van der Waals surface area contributed by atoms with Crippen LogP contribution in [0.15, 0.2) is 48.2 Å². The highest BCUT2D eigenvalue weighted by Crippen LogP contribution is 2.27. The minimum absolute atomic E-state index is 0.327. The van der Waals surface area contributed by atoms with E-state index in [9.17, 15) is 4.79 Å². The molecule has 1 aromatic carbocycles. The first-order valence-electron chi connectivity index (χ1n) is 6.71. The highest BCUT2D eigenvalue weighted by Gasteiger charge is 2.21. The highest BCUT2D eigenvalue weighted by atomic mass is 16.5. The van der Waals surface area contributed by atoms with Crippen molar-refractivity contribution in [1.29, 1.82) is 0 Å². The maximum absolute atomic E-state index is 11.8. The molecule has 0 spiro atoms. The molecule has 0 atom stereocenters. The average molecular weight is 281 g/mol. The lowest BCUT2D eigenvalue weighted by molar-refractivity contribution is 0.0599. The molecule has 1 aromatic heterocycles. The predicted molar refractivity (Wildman–Crippen MR) is 79.2 cm³/mol. The van der Waals surface area contributed by atoms with E-state index in [1.54, 1.807) is 12.3 Å². The van der Waals surface area contributed by atoms with Gasteiger partial charge in [0.2, 0.25) is 0 Å². The van der Waals surface area contributed by atoms with E-state index in [-0.39, 0.29) is 5.97 Å². The van der Waals surface area contributed by atoms with Gasteiger partial charge in [0.25, 0.3) is 0 Å². The van der Waals surface area contributed by atoms with Gasteiger partial charge in [-0.1, -0.05) is 18.2 Å². The molecule has 0 bridgehead atoms. The second-order valence-electron chi connectivity index (χ2n) is 4.79. The van der Waals surface area contributed by atoms with Crippen LogP contribution in [0.1, 0.15) is 21.6 Å². The topological polar surface area (TPSA) is 48.4 Å². The van der Waals surface area contributed by atoms with E-state index in [2.05, 4.69) is 4.98 Å². The van der Waals surface area contributed by atoms with Crippen molar-refractivity contribution in [1.82, 2.24) is 4.98 Å². The van der Waals surface area contributed by atoms with E-state index < -0.39 is 0 Å². The number of methoxy groups -OCH3 is 1. The Morgan fingerprint density at radius 3 is 2.81 bits per heavy atom. The molecular formula is C17H15NO3. The Bertz CT molecular complexity index is 692. The Kier molecular flexibility index (Phi) is 3.69. The van der Waals surface area contributed by atoms with Crippen LogP contribution in [0, 0.1) is 0 Å². The van der Waals surface area contributed by atoms with Crippen molar-refractivity contribution >= 4 is 12.0 Å². The quantitative estimate of drug-likeness (QED) is 0.808. The number of nitrogens with zero attached hydrogens (tertiary/aromatic N) is 1. The van der Waals surface area contributed by atoms with Gasteiger partial charge in [-0.25, -0.2) is 4.79 Å². The lowest BCUT2D eigenvalue weighted by atomic mass is 10.1. The molecule has 4 heteroatoms. The smallest absolute Gasteiger partial charge is 0.338 e. The molecule has 0 saturated carbocycles. The minimum Gasteiger partial charge on any atom is -0.489 e. The first-order valence-corrected chi connectivity index (χ1v) is 6.71. The Labute approximate surface area is 123 Å². The third kappa shape index (κ3) is 2.79. The van der Waals surface area contributed by atoms with E-state index in [0.29, 0.717) is 18.6 Å². The fourth-order valence-corrected chi connectivity index (χ4v) is 2.38. The van der Waals surface area contributed by atoms with E-state index >= 15 is 0 Å². The predicted octanol–water partition coefficient (Wildman–Crippen LogP) is 2.89. The number of benzene rings is 1. The first-order chi connectivity index (χ1) is 10.3. The summed E-state index contributed by atoms with van der Waals surface area (Å²) in [6.07, 6.45) is 4.27. The van der Waals surface area contributed by atoms with Crippen LogP contribution in [-0.2, 0) is 11.2 Å². The van der Waals surface area contributed by atoms with E-state index in [1.807, 2.05) is 36.4 Å². The zero-order valence-corrected chi connectivity index (χ0v) is 11.7. The summed E-state index contributed by atoms with van der Waals surface area (Å²) in [6.45, 7) is 0.487. The maximum Gasteiger partial charge on any atom is 0.338 e. The number of fused-ring (bicyclic) bond motifs is 1. The number of esters is 1. The molecule has 21 heavy (non-hydrogen) atoms. The van der Waals surface area contributed by atoms with Crippen LogP contribution in [0.4, 0.5) is 0 Å². The summed E-state index contributed by atoms with van der Waals surface area (Å²) in [4.78, 5) is 16.1. The molecule has 1 heterocycles. The highest BCUT2D eigenvalue weighted by molar-refractivity contribution is 5.92. The molecule has 3 rings (SSSR count). The van der Waals surface area contributed by atoms with Crippen molar-refractivity contribution in [3.05, 3.63) is 65.0 Å². The van der Waals surface area contributed by atoms with Crippen molar-refractivity contribution in [2.45, 2.75) is 6.42 Å². The number of hydrogen-bond acceptors (Lipinski definition) is 4. The molecule has 0 amide bonds. The zero-order chi connectivity index (χ0) is 14.7. The Morgan fingerprint density at radius 1 is 1.24 bits per heavy atom. The largest absolute Gasteiger partial charge is 0.489 e. The Hall–Kier alpha value is -2.62. The summed E-state index contributed by atoms with van der Waals surface area (Å²) in [5.41, 5.74) is 3.41. The van der Waals surface area contributed by atoms with Crippen molar-refractivity contribution in [3.8, 4) is 5.75 Å². The fourth-order valence-electron chi connectivity index (χ4n) is 2.38. The van der Waals surface area contributed by atoms with Crippen LogP contribution in [0.3, 0.4) is 0 Å². The van der Waals surface area contributed by atoms with Gasteiger partial charge in [-0.3, -0.25) is 4.98 Å². The van der Waals surface area contributed by atoms with Gasteiger partial charge in [0, 0.05) is 12.6 Å². The molecule has 0 saturated heterocycles. The monoisotopic (exact) mass is 281 g/mol. The summed E-state index contributed by atoms with van der Waals surface area (Å²) in [5, 5.41) is 0. The number of hydrogen-bond donors (Lipinski definition) is 0. The van der Waals surface area contributed by atoms with Crippen LogP contribution >= 0.6 is 0 Å². The second-order valence-corrected chi connectivity index (χ2v) is 4.79. The van der Waals surface area contributed by atoms with E-state index in [4.69, 9.17) is 9.47 Å². The number of pyridine rings is 1. The van der Waals surface area contributed by atoms with Gasteiger partial charge >= 0.3 is 5.97 Å². The molecule has 1 aliphatic rings. The Balaban J connectivity index is 1.73. The molecule has 0 fully saturated rings. The van der Waals surface area contributed by atoms with Crippen LogP contribution in [0.5, 0.6) is 5.75 Å². The standard InChI is InChI=1S/C17H15NO3/c1-20-17(19)14-7-8-18-16-10-12(9-15(14)16)11-21-13-5-3-2-4-6-13/h2-8,10H,9,11H2,1H3. The van der Waals surface area contributed by atoms with Gasteiger partial charge in [0.15, 0.2) is 0 Å². The SMILES string of the molecule is COC(=O)c1ccnc2c1CC(COc1ccccc1)=C2. The molecule has 0 unspecified atom stereocenters. The molecule has 1 aliphatic carbocycles. The fraction of sp³-hybridized carbons (Fsp3) is 0.176. The van der Waals surface area contributed by atoms with Crippen molar-refractivity contribution in [3.63, 3.8) is 0 Å². The third-order valence-electron chi connectivity index (χ3n) is 3.41.